The monoisotopic (exact) mass is 332 g/mol. The van der Waals surface area contributed by atoms with Crippen molar-refractivity contribution in [3.8, 4) is 6.07 Å². The van der Waals surface area contributed by atoms with Crippen LogP contribution in [0.15, 0.2) is 15.8 Å². The van der Waals surface area contributed by atoms with Gasteiger partial charge in [0.1, 0.15) is 11.6 Å². The van der Waals surface area contributed by atoms with Gasteiger partial charge in [-0.1, -0.05) is 20.8 Å². The number of hydrogen-bond acceptors (Lipinski definition) is 4. The molecule has 2 N–H and O–H groups in total. The fourth-order valence-corrected chi connectivity index (χ4v) is 3.74. The SMILES string of the molecule is CC1CC(C(=O)NCCn2cc(C#N)c(=O)[nH]c2=O)CC(C)(C)C1. The second-order valence-electron chi connectivity index (χ2n) is 7.51. The lowest BCUT2D eigenvalue weighted by Gasteiger charge is -2.38. The Kier molecular flexibility index (Phi) is 5.27. The molecule has 1 saturated carbocycles. The molecule has 24 heavy (non-hydrogen) atoms. The number of carbonyl (C=O) groups excluding carboxylic acids is 1. The number of aromatic amines is 1. The van der Waals surface area contributed by atoms with Crippen molar-refractivity contribution in [2.24, 2.45) is 17.3 Å². The number of nitrogens with one attached hydrogen (secondary N) is 2. The van der Waals surface area contributed by atoms with E-state index in [0.29, 0.717) is 5.92 Å². The van der Waals surface area contributed by atoms with E-state index < -0.39 is 11.2 Å². The molecule has 1 heterocycles. The standard InChI is InChI=1S/C17H24N4O3/c1-11-6-12(8-17(2,3)7-11)14(22)19-4-5-21-10-13(9-18)15(23)20-16(21)24/h10-12H,4-8H2,1-3H3,(H,19,22)(H,20,23,24). The van der Waals surface area contributed by atoms with Crippen molar-refractivity contribution in [2.75, 3.05) is 6.54 Å². The first-order valence-electron chi connectivity index (χ1n) is 8.23. The zero-order valence-electron chi connectivity index (χ0n) is 14.4. The molecule has 2 atom stereocenters. The molecule has 1 aliphatic carbocycles. The maximum Gasteiger partial charge on any atom is 0.328 e. The van der Waals surface area contributed by atoms with Crippen LogP contribution in [0.25, 0.3) is 0 Å². The van der Waals surface area contributed by atoms with Crippen LogP contribution in [0.3, 0.4) is 0 Å². The van der Waals surface area contributed by atoms with Gasteiger partial charge in [0.25, 0.3) is 5.56 Å². The quantitative estimate of drug-likeness (QED) is 0.857. The van der Waals surface area contributed by atoms with E-state index in [-0.39, 0.29) is 35.9 Å². The van der Waals surface area contributed by atoms with Crippen molar-refractivity contribution in [3.05, 3.63) is 32.6 Å². The van der Waals surface area contributed by atoms with Crippen LogP contribution in [0.2, 0.25) is 0 Å². The average molecular weight is 332 g/mol. The van der Waals surface area contributed by atoms with Crippen LogP contribution in [0, 0.1) is 28.6 Å². The lowest BCUT2D eigenvalue weighted by Crippen LogP contribution is -2.40. The number of amides is 1. The molecule has 0 radical (unpaired) electrons. The minimum atomic E-state index is -0.693. The molecule has 1 aromatic heterocycles. The third kappa shape index (κ3) is 4.34. The van der Waals surface area contributed by atoms with E-state index in [1.165, 1.54) is 10.8 Å². The summed E-state index contributed by atoms with van der Waals surface area (Å²) in [5, 5.41) is 11.7. The number of rotatable bonds is 4. The Morgan fingerprint density at radius 1 is 1.46 bits per heavy atom. The van der Waals surface area contributed by atoms with Gasteiger partial charge in [-0.15, -0.1) is 0 Å². The second kappa shape index (κ2) is 7.04. The highest BCUT2D eigenvalue weighted by Crippen LogP contribution is 2.41. The Bertz CT molecular complexity index is 769. The first-order valence-corrected chi connectivity index (χ1v) is 8.23. The highest BCUT2D eigenvalue weighted by atomic mass is 16.2. The molecule has 0 spiro atoms. The topological polar surface area (TPSA) is 108 Å². The van der Waals surface area contributed by atoms with E-state index in [2.05, 4.69) is 31.1 Å². The van der Waals surface area contributed by atoms with E-state index in [1.807, 2.05) is 0 Å². The number of aromatic nitrogens is 2. The third-order valence-corrected chi connectivity index (χ3v) is 4.54. The Morgan fingerprint density at radius 3 is 2.79 bits per heavy atom. The van der Waals surface area contributed by atoms with E-state index in [9.17, 15) is 14.4 Å². The molecule has 2 rings (SSSR count). The number of carbonyl (C=O) groups is 1. The lowest BCUT2D eigenvalue weighted by molar-refractivity contribution is -0.128. The van der Waals surface area contributed by atoms with Crippen LogP contribution in [-0.4, -0.2) is 22.0 Å². The van der Waals surface area contributed by atoms with Gasteiger partial charge in [-0.3, -0.25) is 19.1 Å². The van der Waals surface area contributed by atoms with Gasteiger partial charge >= 0.3 is 5.69 Å². The summed E-state index contributed by atoms with van der Waals surface area (Å²) in [6.45, 7) is 7.03. The molecule has 130 valence electrons. The molecule has 1 fully saturated rings. The van der Waals surface area contributed by atoms with Crippen molar-refractivity contribution in [1.82, 2.24) is 14.9 Å². The molecular formula is C17H24N4O3. The Hall–Kier alpha value is -2.36. The number of hydrogen-bond donors (Lipinski definition) is 2. The summed E-state index contributed by atoms with van der Waals surface area (Å²) in [4.78, 5) is 37.5. The molecular weight excluding hydrogens is 308 g/mol. The third-order valence-electron chi connectivity index (χ3n) is 4.54. The van der Waals surface area contributed by atoms with Crippen LogP contribution in [-0.2, 0) is 11.3 Å². The van der Waals surface area contributed by atoms with E-state index in [4.69, 9.17) is 5.26 Å². The van der Waals surface area contributed by atoms with Crippen molar-refractivity contribution in [1.29, 1.82) is 5.26 Å². The molecule has 1 aromatic rings. The number of nitrogens with zero attached hydrogens (tertiary/aromatic N) is 2. The fraction of sp³-hybridized carbons (Fsp3) is 0.647. The minimum Gasteiger partial charge on any atom is -0.354 e. The molecule has 0 saturated heterocycles. The summed E-state index contributed by atoms with van der Waals surface area (Å²) in [7, 11) is 0. The summed E-state index contributed by atoms with van der Waals surface area (Å²) >= 11 is 0. The number of nitriles is 1. The molecule has 1 aliphatic rings. The molecule has 0 bridgehead atoms. The largest absolute Gasteiger partial charge is 0.354 e. The Morgan fingerprint density at radius 2 is 2.17 bits per heavy atom. The smallest absolute Gasteiger partial charge is 0.328 e. The van der Waals surface area contributed by atoms with Gasteiger partial charge in [0.2, 0.25) is 5.91 Å². The van der Waals surface area contributed by atoms with Crippen molar-refractivity contribution < 1.29 is 4.79 Å². The van der Waals surface area contributed by atoms with Crippen molar-refractivity contribution >= 4 is 5.91 Å². The summed E-state index contributed by atoms with van der Waals surface area (Å²) in [5.41, 5.74) is -1.23. The predicted molar refractivity (Wildman–Crippen MR) is 89.3 cm³/mol. The summed E-state index contributed by atoms with van der Waals surface area (Å²) in [5.74, 6) is 0.517. The van der Waals surface area contributed by atoms with Gasteiger partial charge in [0, 0.05) is 25.2 Å². The van der Waals surface area contributed by atoms with Gasteiger partial charge in [0.05, 0.1) is 0 Å². The zero-order chi connectivity index (χ0) is 17.9. The predicted octanol–water partition coefficient (Wildman–Crippen LogP) is 0.987. The minimum absolute atomic E-state index is 0.00704. The van der Waals surface area contributed by atoms with E-state index in [1.54, 1.807) is 6.07 Å². The second-order valence-corrected chi connectivity index (χ2v) is 7.51. The summed E-state index contributed by atoms with van der Waals surface area (Å²) < 4.78 is 1.23. The van der Waals surface area contributed by atoms with Crippen molar-refractivity contribution in [2.45, 2.75) is 46.6 Å². The zero-order valence-corrected chi connectivity index (χ0v) is 14.4. The van der Waals surface area contributed by atoms with Crippen LogP contribution in [0.5, 0.6) is 0 Å². The molecule has 7 nitrogen and oxygen atoms in total. The van der Waals surface area contributed by atoms with Gasteiger partial charge in [-0.25, -0.2) is 4.79 Å². The van der Waals surface area contributed by atoms with Gasteiger partial charge in [0.15, 0.2) is 0 Å². The maximum absolute atomic E-state index is 12.4. The fourth-order valence-electron chi connectivity index (χ4n) is 3.74. The average Bonchev–Trinajstić information content (AvgIpc) is 2.47. The Balaban J connectivity index is 1.95. The molecule has 7 heteroatoms. The molecule has 1 amide bonds. The number of H-pyrrole nitrogens is 1. The molecule has 0 aromatic carbocycles. The molecule has 2 unspecified atom stereocenters. The molecule has 0 aliphatic heterocycles. The van der Waals surface area contributed by atoms with Crippen LogP contribution in [0.1, 0.15) is 45.6 Å². The summed E-state index contributed by atoms with van der Waals surface area (Å²) in [6.07, 6.45) is 4.09. The maximum atomic E-state index is 12.4. The van der Waals surface area contributed by atoms with E-state index in [0.717, 1.165) is 19.3 Å². The summed E-state index contributed by atoms with van der Waals surface area (Å²) in [6, 6.07) is 1.74. The van der Waals surface area contributed by atoms with Crippen LogP contribution < -0.4 is 16.6 Å². The van der Waals surface area contributed by atoms with Gasteiger partial charge in [-0.2, -0.15) is 5.26 Å². The highest BCUT2D eigenvalue weighted by Gasteiger charge is 2.35. The van der Waals surface area contributed by atoms with E-state index >= 15 is 0 Å². The van der Waals surface area contributed by atoms with Gasteiger partial charge in [-0.05, 0) is 30.6 Å². The Labute approximate surface area is 140 Å². The lowest BCUT2D eigenvalue weighted by atomic mass is 9.68. The first kappa shape index (κ1) is 18.0. The van der Waals surface area contributed by atoms with Crippen LogP contribution in [0.4, 0.5) is 0 Å². The van der Waals surface area contributed by atoms with Crippen molar-refractivity contribution in [3.63, 3.8) is 0 Å². The van der Waals surface area contributed by atoms with Gasteiger partial charge < -0.3 is 5.32 Å². The highest BCUT2D eigenvalue weighted by molar-refractivity contribution is 5.78. The first-order chi connectivity index (χ1) is 11.2. The van der Waals surface area contributed by atoms with Crippen LogP contribution >= 0.6 is 0 Å². The normalized spacial score (nSPS) is 22.6.